The Balaban J connectivity index is 1.14. The molecule has 3 saturated heterocycles. The lowest BCUT2D eigenvalue weighted by Crippen LogP contribution is -2.55. The Hall–Kier alpha value is -3.19. The molecule has 1 aromatic carbocycles. The molecule has 6 heterocycles. The molecule has 0 unspecified atom stereocenters. The number of piperazine rings is 1. The standard InChI is InChI=1S/C29H32BN7O/c1-19-15-36(24-5-2-20(14-31)28-22(24)3-6-26(30)34-28)17-25-21-4-7-27(33-23(21)16-37(19)25)35-11-8-29(9-12-35)18-32-10-13-38-29/h2-7,19,25,32H,8-13,15-18H2,1H3/t19-,25-/m1/s1. The highest BCUT2D eigenvalue weighted by atomic mass is 16.5. The van der Waals surface area contributed by atoms with E-state index >= 15 is 0 Å². The van der Waals surface area contributed by atoms with Crippen LogP contribution in [-0.4, -0.2) is 80.2 Å². The van der Waals surface area contributed by atoms with Crippen molar-refractivity contribution in [1.82, 2.24) is 20.2 Å². The maximum atomic E-state index is 9.61. The smallest absolute Gasteiger partial charge is 0.141 e. The molecule has 8 nitrogen and oxygen atoms in total. The van der Waals surface area contributed by atoms with E-state index in [1.54, 1.807) is 0 Å². The van der Waals surface area contributed by atoms with Crippen molar-refractivity contribution in [3.63, 3.8) is 0 Å². The summed E-state index contributed by atoms with van der Waals surface area (Å²) in [6, 6.07) is 15.2. The van der Waals surface area contributed by atoms with Crippen molar-refractivity contribution < 1.29 is 4.74 Å². The van der Waals surface area contributed by atoms with Gasteiger partial charge in [0.15, 0.2) is 0 Å². The first-order chi connectivity index (χ1) is 18.5. The van der Waals surface area contributed by atoms with Gasteiger partial charge in [0, 0.05) is 62.9 Å². The number of nitrogens with one attached hydrogen (secondary N) is 1. The van der Waals surface area contributed by atoms with E-state index in [4.69, 9.17) is 17.6 Å². The predicted molar refractivity (Wildman–Crippen MR) is 149 cm³/mol. The van der Waals surface area contributed by atoms with Crippen molar-refractivity contribution in [2.75, 3.05) is 55.7 Å². The first-order valence-electron chi connectivity index (χ1n) is 13.7. The fourth-order valence-electron chi connectivity index (χ4n) is 6.89. The molecule has 3 aromatic rings. The Morgan fingerprint density at radius 3 is 2.74 bits per heavy atom. The van der Waals surface area contributed by atoms with Crippen molar-refractivity contribution in [3.8, 4) is 6.07 Å². The summed E-state index contributed by atoms with van der Waals surface area (Å²) < 4.78 is 6.19. The number of piperidine rings is 1. The second kappa shape index (κ2) is 9.23. The average Bonchev–Trinajstić information content (AvgIpc) is 3.32. The maximum absolute atomic E-state index is 9.61. The summed E-state index contributed by atoms with van der Waals surface area (Å²) in [5.74, 6) is 1.09. The molecule has 0 aliphatic carbocycles. The summed E-state index contributed by atoms with van der Waals surface area (Å²) in [6.45, 7) is 9.66. The summed E-state index contributed by atoms with van der Waals surface area (Å²) in [5, 5.41) is 14.1. The van der Waals surface area contributed by atoms with Gasteiger partial charge in [-0.25, -0.2) is 4.98 Å². The van der Waals surface area contributed by atoms with Crippen LogP contribution in [0.5, 0.6) is 0 Å². The van der Waals surface area contributed by atoms with Crippen LogP contribution in [-0.2, 0) is 11.3 Å². The quantitative estimate of drug-likeness (QED) is 0.531. The summed E-state index contributed by atoms with van der Waals surface area (Å²) in [4.78, 5) is 17.2. The maximum Gasteiger partial charge on any atom is 0.141 e. The fourth-order valence-corrected chi connectivity index (χ4v) is 6.89. The van der Waals surface area contributed by atoms with Crippen LogP contribution < -0.4 is 20.7 Å². The summed E-state index contributed by atoms with van der Waals surface area (Å²) >= 11 is 0. The third-order valence-electron chi connectivity index (χ3n) is 8.98. The van der Waals surface area contributed by atoms with E-state index in [1.807, 2.05) is 18.2 Å². The third kappa shape index (κ3) is 3.94. The van der Waals surface area contributed by atoms with Gasteiger partial charge in [-0.3, -0.25) is 9.88 Å². The summed E-state index contributed by atoms with van der Waals surface area (Å²) in [7, 11) is 5.96. The minimum atomic E-state index is 0.00186. The van der Waals surface area contributed by atoms with Gasteiger partial charge < -0.3 is 19.9 Å². The molecule has 0 saturated carbocycles. The Morgan fingerprint density at radius 1 is 1.08 bits per heavy atom. The van der Waals surface area contributed by atoms with Gasteiger partial charge in [-0.15, -0.1) is 0 Å². The van der Waals surface area contributed by atoms with Crippen LogP contribution in [0.2, 0.25) is 0 Å². The van der Waals surface area contributed by atoms with Gasteiger partial charge in [-0.2, -0.15) is 5.26 Å². The Labute approximate surface area is 225 Å². The number of rotatable bonds is 2. The monoisotopic (exact) mass is 505 g/mol. The van der Waals surface area contributed by atoms with Crippen LogP contribution in [0.15, 0.2) is 36.4 Å². The number of pyridine rings is 2. The molecular formula is C29H32BN7O. The molecule has 7 rings (SSSR count). The molecule has 2 aromatic heterocycles. The molecule has 192 valence electrons. The number of morpholine rings is 1. The number of fused-ring (bicyclic) bond motifs is 4. The van der Waals surface area contributed by atoms with E-state index in [0.717, 1.165) is 82.2 Å². The summed E-state index contributed by atoms with van der Waals surface area (Å²) in [5.41, 5.74) is 5.31. The molecule has 1 spiro atoms. The largest absolute Gasteiger partial charge is 0.372 e. The zero-order chi connectivity index (χ0) is 25.9. The molecule has 1 N–H and O–H groups in total. The van der Waals surface area contributed by atoms with E-state index < -0.39 is 0 Å². The van der Waals surface area contributed by atoms with Crippen LogP contribution >= 0.6 is 0 Å². The minimum Gasteiger partial charge on any atom is -0.372 e. The molecule has 2 atom stereocenters. The van der Waals surface area contributed by atoms with Crippen LogP contribution in [0, 0.1) is 11.3 Å². The molecule has 4 aliphatic heterocycles. The van der Waals surface area contributed by atoms with Crippen molar-refractivity contribution in [3.05, 3.63) is 53.2 Å². The van der Waals surface area contributed by atoms with Crippen LogP contribution in [0.3, 0.4) is 0 Å². The van der Waals surface area contributed by atoms with Crippen molar-refractivity contribution in [2.24, 2.45) is 0 Å². The number of hydrogen-bond acceptors (Lipinski definition) is 8. The van der Waals surface area contributed by atoms with Gasteiger partial charge in [0.1, 0.15) is 19.7 Å². The first-order valence-corrected chi connectivity index (χ1v) is 13.7. The van der Waals surface area contributed by atoms with Crippen molar-refractivity contribution in [2.45, 2.75) is 44.0 Å². The zero-order valence-corrected chi connectivity index (χ0v) is 21.9. The molecular weight excluding hydrogens is 473 g/mol. The number of ether oxygens (including phenoxy) is 1. The zero-order valence-electron chi connectivity index (χ0n) is 21.9. The van der Waals surface area contributed by atoms with Crippen LogP contribution in [0.25, 0.3) is 10.9 Å². The van der Waals surface area contributed by atoms with Gasteiger partial charge in [0.2, 0.25) is 0 Å². The molecule has 2 radical (unpaired) electrons. The predicted octanol–water partition coefficient (Wildman–Crippen LogP) is 2.02. The second-order valence-electron chi connectivity index (χ2n) is 11.2. The number of nitriles is 1. The lowest BCUT2D eigenvalue weighted by atomic mass is 9.90. The second-order valence-corrected chi connectivity index (χ2v) is 11.2. The number of anilines is 2. The molecule has 0 bridgehead atoms. The van der Waals surface area contributed by atoms with E-state index in [9.17, 15) is 5.26 Å². The SMILES string of the molecule is [B]c1ccc2c(N3C[C@@H](C)N4Cc5nc(N6CCC7(CC6)CNCCO7)ccc5[C@H]4C3)ccc(C#N)c2n1. The Bertz CT molecular complexity index is 1420. The molecule has 0 amide bonds. The highest BCUT2D eigenvalue weighted by Crippen LogP contribution is 2.41. The highest BCUT2D eigenvalue weighted by Gasteiger charge is 2.41. The number of hydrogen-bond donors (Lipinski definition) is 1. The normalized spacial score (nSPS) is 24.8. The fraction of sp³-hybridized carbons (Fsp3) is 0.483. The number of nitrogens with zero attached hydrogens (tertiary/aromatic N) is 6. The minimum absolute atomic E-state index is 0.00186. The van der Waals surface area contributed by atoms with Gasteiger partial charge in [-0.05, 0) is 55.2 Å². The van der Waals surface area contributed by atoms with Crippen molar-refractivity contribution in [1.29, 1.82) is 5.26 Å². The lowest BCUT2D eigenvalue weighted by Gasteiger charge is -2.44. The molecule has 38 heavy (non-hydrogen) atoms. The average molecular weight is 505 g/mol. The topological polar surface area (TPSA) is 80.5 Å². The van der Waals surface area contributed by atoms with Gasteiger partial charge in [0.25, 0.3) is 0 Å². The van der Waals surface area contributed by atoms with E-state index in [-0.39, 0.29) is 11.6 Å². The Kier molecular flexibility index (Phi) is 5.80. The van der Waals surface area contributed by atoms with E-state index in [2.05, 4.69) is 56.2 Å². The number of benzene rings is 1. The lowest BCUT2D eigenvalue weighted by molar-refractivity contribution is -0.0800. The number of aromatic nitrogens is 2. The first kappa shape index (κ1) is 23.9. The highest BCUT2D eigenvalue weighted by molar-refractivity contribution is 6.31. The van der Waals surface area contributed by atoms with Crippen LogP contribution in [0.4, 0.5) is 11.5 Å². The van der Waals surface area contributed by atoms with Crippen LogP contribution in [0.1, 0.15) is 42.6 Å². The molecule has 3 fully saturated rings. The summed E-state index contributed by atoms with van der Waals surface area (Å²) in [6.07, 6.45) is 2.08. The van der Waals surface area contributed by atoms with E-state index in [0.29, 0.717) is 22.7 Å². The van der Waals surface area contributed by atoms with Gasteiger partial charge >= 0.3 is 0 Å². The Morgan fingerprint density at radius 2 is 1.95 bits per heavy atom. The molecule has 4 aliphatic rings. The van der Waals surface area contributed by atoms with Gasteiger partial charge in [-0.1, -0.05) is 12.1 Å². The van der Waals surface area contributed by atoms with Crippen molar-refractivity contribution >= 4 is 35.8 Å². The molecule has 9 heteroatoms. The third-order valence-corrected chi connectivity index (χ3v) is 8.98. The van der Waals surface area contributed by atoms with Gasteiger partial charge in [0.05, 0.1) is 35.0 Å². The van der Waals surface area contributed by atoms with E-state index in [1.165, 1.54) is 11.3 Å².